The third kappa shape index (κ3) is 5.27. The summed E-state index contributed by atoms with van der Waals surface area (Å²) in [5.41, 5.74) is -0.742. The highest BCUT2D eigenvalue weighted by molar-refractivity contribution is 6.07. The van der Waals surface area contributed by atoms with E-state index in [9.17, 15) is 28.1 Å². The summed E-state index contributed by atoms with van der Waals surface area (Å²) in [6.07, 6.45) is -3.90. The molecule has 0 radical (unpaired) electrons. The van der Waals surface area contributed by atoms with Gasteiger partial charge in [0.25, 0.3) is 11.6 Å². The van der Waals surface area contributed by atoms with E-state index >= 15 is 0 Å². The molecule has 1 aliphatic rings. The van der Waals surface area contributed by atoms with Crippen LogP contribution >= 0.6 is 0 Å². The van der Waals surface area contributed by atoms with E-state index in [2.05, 4.69) is 10.1 Å². The van der Waals surface area contributed by atoms with Crippen LogP contribution < -0.4 is 19.5 Å². The number of rotatable bonds is 5. The number of anilines is 1. The number of nitro groups is 1. The lowest BCUT2D eigenvalue weighted by Gasteiger charge is -2.12. The monoisotopic (exact) mass is 412 g/mol. The third-order valence-corrected chi connectivity index (χ3v) is 3.82. The smallest absolute Gasteiger partial charge is 0.422 e. The number of nitrogens with one attached hydrogen (secondary N) is 1. The number of benzene rings is 2. The van der Waals surface area contributed by atoms with E-state index in [1.165, 1.54) is 12.1 Å². The number of carbonyl (C=O) groups is 1. The second-order valence-electron chi connectivity index (χ2n) is 6.01. The molecule has 0 spiro atoms. The van der Waals surface area contributed by atoms with Crippen LogP contribution in [0.2, 0.25) is 0 Å². The van der Waals surface area contributed by atoms with Gasteiger partial charge in [-0.3, -0.25) is 14.9 Å². The van der Waals surface area contributed by atoms with Crippen molar-refractivity contribution in [2.24, 2.45) is 0 Å². The van der Waals surface area contributed by atoms with E-state index in [0.717, 1.165) is 18.2 Å². The Morgan fingerprint density at radius 1 is 1.14 bits per heavy atom. The van der Waals surface area contributed by atoms with E-state index in [1.807, 2.05) is 0 Å². The van der Waals surface area contributed by atoms with Crippen molar-refractivity contribution in [3.05, 3.63) is 52.1 Å². The van der Waals surface area contributed by atoms with E-state index in [4.69, 9.17) is 9.47 Å². The number of hydrogen-bond acceptors (Lipinski definition) is 6. The lowest BCUT2D eigenvalue weighted by atomic mass is 10.1. The molecule has 1 heterocycles. The predicted octanol–water partition coefficient (Wildman–Crippen LogP) is 3.95. The molecule has 1 amide bonds. The van der Waals surface area contributed by atoms with Crippen molar-refractivity contribution < 1.29 is 37.1 Å². The quantitative estimate of drug-likeness (QED) is 0.590. The van der Waals surface area contributed by atoms with Crippen LogP contribution in [0.5, 0.6) is 17.2 Å². The lowest BCUT2D eigenvalue weighted by Crippen LogP contribution is -2.20. The average molecular weight is 412 g/mol. The Kier molecular flexibility index (Phi) is 5.76. The van der Waals surface area contributed by atoms with Crippen LogP contribution in [0.4, 0.5) is 24.5 Å². The molecule has 1 N–H and O–H groups in total. The summed E-state index contributed by atoms with van der Waals surface area (Å²) >= 11 is 0. The molecule has 1 aliphatic heterocycles. The summed E-state index contributed by atoms with van der Waals surface area (Å²) in [6.45, 7) is -0.682. The second-order valence-corrected chi connectivity index (χ2v) is 6.01. The number of ether oxygens (including phenoxy) is 3. The molecule has 29 heavy (non-hydrogen) atoms. The standard InChI is InChI=1S/C18H15F3N2O6/c19-18(20,21)10-29-12-3-4-14(23(25)26)13(9-12)17(24)22-11-2-5-15-16(8-11)28-7-1-6-27-15/h2-5,8-9H,1,6-7,10H2,(H,22,24). The van der Waals surface area contributed by atoms with Gasteiger partial charge < -0.3 is 19.5 Å². The molecular formula is C18H15F3N2O6. The SMILES string of the molecule is O=C(Nc1ccc2c(c1)OCCCO2)c1cc(OCC(F)(F)F)ccc1[N+](=O)[O-]. The maximum atomic E-state index is 12.6. The fourth-order valence-corrected chi connectivity index (χ4v) is 2.55. The number of nitro benzene ring substituents is 1. The number of fused-ring (bicyclic) bond motifs is 1. The second kappa shape index (κ2) is 8.25. The van der Waals surface area contributed by atoms with Crippen molar-refractivity contribution in [2.75, 3.05) is 25.1 Å². The van der Waals surface area contributed by atoms with Gasteiger partial charge in [0.1, 0.15) is 11.3 Å². The van der Waals surface area contributed by atoms with Gasteiger partial charge in [-0.1, -0.05) is 0 Å². The van der Waals surface area contributed by atoms with Crippen LogP contribution in [0.3, 0.4) is 0 Å². The molecule has 0 atom stereocenters. The van der Waals surface area contributed by atoms with Crippen molar-refractivity contribution in [3.63, 3.8) is 0 Å². The van der Waals surface area contributed by atoms with Gasteiger partial charge in [0, 0.05) is 24.2 Å². The Hall–Kier alpha value is -3.50. The largest absolute Gasteiger partial charge is 0.490 e. The van der Waals surface area contributed by atoms with Gasteiger partial charge in [-0.25, -0.2) is 0 Å². The van der Waals surface area contributed by atoms with Gasteiger partial charge in [0.15, 0.2) is 18.1 Å². The van der Waals surface area contributed by atoms with Gasteiger partial charge in [0.05, 0.1) is 18.1 Å². The van der Waals surface area contributed by atoms with Crippen LogP contribution in [0, 0.1) is 10.1 Å². The van der Waals surface area contributed by atoms with Crippen LogP contribution in [-0.2, 0) is 0 Å². The highest BCUT2D eigenvalue weighted by Gasteiger charge is 2.29. The van der Waals surface area contributed by atoms with Gasteiger partial charge in [-0.2, -0.15) is 13.2 Å². The summed E-state index contributed by atoms with van der Waals surface area (Å²) in [4.78, 5) is 23.0. The van der Waals surface area contributed by atoms with Gasteiger partial charge >= 0.3 is 6.18 Å². The van der Waals surface area contributed by atoms with Gasteiger partial charge in [-0.05, 0) is 24.3 Å². The first-order chi connectivity index (χ1) is 13.7. The molecule has 8 nitrogen and oxygen atoms in total. The number of amides is 1. The van der Waals surface area contributed by atoms with Gasteiger partial charge in [0.2, 0.25) is 0 Å². The number of halogens is 3. The topological polar surface area (TPSA) is 99.9 Å². The first-order valence-electron chi connectivity index (χ1n) is 8.42. The molecule has 0 unspecified atom stereocenters. The molecular weight excluding hydrogens is 397 g/mol. The molecule has 3 rings (SSSR count). The first kappa shape index (κ1) is 20.2. The van der Waals surface area contributed by atoms with Crippen LogP contribution in [-0.4, -0.2) is 36.8 Å². The highest BCUT2D eigenvalue weighted by atomic mass is 19.4. The molecule has 0 bridgehead atoms. The Morgan fingerprint density at radius 2 is 1.86 bits per heavy atom. The molecule has 0 aromatic heterocycles. The summed E-state index contributed by atoms with van der Waals surface area (Å²) in [7, 11) is 0. The maximum Gasteiger partial charge on any atom is 0.422 e. The highest BCUT2D eigenvalue weighted by Crippen LogP contribution is 2.33. The number of alkyl halides is 3. The Labute approximate surface area is 162 Å². The summed E-state index contributed by atoms with van der Waals surface area (Å²) in [5, 5.41) is 13.7. The lowest BCUT2D eigenvalue weighted by molar-refractivity contribution is -0.385. The molecule has 0 aliphatic carbocycles. The summed E-state index contributed by atoms with van der Waals surface area (Å²) in [6, 6.07) is 7.38. The Bertz CT molecular complexity index is 932. The summed E-state index contributed by atoms with van der Waals surface area (Å²) in [5.74, 6) is -0.313. The van der Waals surface area contributed by atoms with Crippen molar-refractivity contribution in [2.45, 2.75) is 12.6 Å². The summed E-state index contributed by atoms with van der Waals surface area (Å²) < 4.78 is 52.5. The number of nitrogens with zero attached hydrogens (tertiary/aromatic N) is 1. The zero-order valence-corrected chi connectivity index (χ0v) is 14.8. The maximum absolute atomic E-state index is 12.6. The van der Waals surface area contributed by atoms with Crippen LogP contribution in [0.1, 0.15) is 16.8 Å². The zero-order chi connectivity index (χ0) is 21.0. The molecule has 154 valence electrons. The molecule has 0 fully saturated rings. The Morgan fingerprint density at radius 3 is 2.55 bits per heavy atom. The van der Waals surface area contributed by atoms with Gasteiger partial charge in [-0.15, -0.1) is 0 Å². The molecule has 0 saturated heterocycles. The third-order valence-electron chi connectivity index (χ3n) is 3.82. The average Bonchev–Trinajstić information content (AvgIpc) is 2.90. The predicted molar refractivity (Wildman–Crippen MR) is 94.6 cm³/mol. The molecule has 2 aromatic carbocycles. The van der Waals surface area contributed by atoms with E-state index in [-0.39, 0.29) is 11.4 Å². The van der Waals surface area contributed by atoms with Crippen molar-refractivity contribution in [3.8, 4) is 17.2 Å². The minimum atomic E-state index is -4.59. The molecule has 2 aromatic rings. The van der Waals surface area contributed by atoms with Crippen LogP contribution in [0.25, 0.3) is 0 Å². The Balaban J connectivity index is 1.83. The van der Waals surface area contributed by atoms with Crippen molar-refractivity contribution >= 4 is 17.3 Å². The van der Waals surface area contributed by atoms with E-state index in [0.29, 0.717) is 31.1 Å². The number of carbonyl (C=O) groups excluding carboxylic acids is 1. The van der Waals surface area contributed by atoms with Crippen LogP contribution in [0.15, 0.2) is 36.4 Å². The molecule has 0 saturated carbocycles. The first-order valence-corrected chi connectivity index (χ1v) is 8.42. The van der Waals surface area contributed by atoms with Crippen molar-refractivity contribution in [1.29, 1.82) is 0 Å². The number of hydrogen-bond donors (Lipinski definition) is 1. The fraction of sp³-hybridized carbons (Fsp3) is 0.278. The van der Waals surface area contributed by atoms with E-state index < -0.39 is 34.9 Å². The fourth-order valence-electron chi connectivity index (χ4n) is 2.55. The van der Waals surface area contributed by atoms with E-state index in [1.54, 1.807) is 6.07 Å². The zero-order valence-electron chi connectivity index (χ0n) is 14.8. The molecule has 11 heteroatoms. The normalized spacial score (nSPS) is 13.3. The minimum Gasteiger partial charge on any atom is -0.490 e. The minimum absolute atomic E-state index is 0.273. The van der Waals surface area contributed by atoms with Crippen molar-refractivity contribution in [1.82, 2.24) is 0 Å².